The summed E-state index contributed by atoms with van der Waals surface area (Å²) >= 11 is 6.14. The molecule has 2 aromatic carbocycles. The Kier molecular flexibility index (Phi) is 8.68. The monoisotopic (exact) mass is 536 g/mol. The van der Waals surface area contributed by atoms with Crippen molar-refractivity contribution >= 4 is 39.9 Å². The van der Waals surface area contributed by atoms with Crippen LogP contribution >= 0.6 is 11.6 Å². The van der Waals surface area contributed by atoms with Crippen LogP contribution in [0.3, 0.4) is 0 Å². The van der Waals surface area contributed by atoms with Gasteiger partial charge in [-0.05, 0) is 44.0 Å². The van der Waals surface area contributed by atoms with Crippen LogP contribution in [-0.4, -0.2) is 76.3 Å². The van der Waals surface area contributed by atoms with Crippen LogP contribution in [0.15, 0.2) is 42.5 Å². The van der Waals surface area contributed by atoms with Crippen LogP contribution in [0.2, 0.25) is 5.02 Å². The molecule has 2 aromatic heterocycles. The number of nitrogens with one attached hydrogen (secondary N) is 1. The van der Waals surface area contributed by atoms with Crippen molar-refractivity contribution in [1.82, 2.24) is 24.5 Å². The van der Waals surface area contributed by atoms with Crippen LogP contribution in [0.25, 0.3) is 16.7 Å². The second-order valence-electron chi connectivity index (χ2n) is 9.46. The number of hydrogen-bond acceptors (Lipinski definition) is 8. The van der Waals surface area contributed by atoms with Crippen LogP contribution < -0.4 is 10.1 Å². The maximum Gasteiger partial charge on any atom is 0.204 e. The molecule has 1 N–H and O–H groups in total. The van der Waals surface area contributed by atoms with Gasteiger partial charge in [-0.1, -0.05) is 30.2 Å². The Labute approximate surface area is 227 Å². The van der Waals surface area contributed by atoms with Crippen molar-refractivity contribution in [3.8, 4) is 5.75 Å². The molecule has 3 heterocycles. The van der Waals surface area contributed by atoms with E-state index in [-0.39, 0.29) is 5.78 Å². The van der Waals surface area contributed by atoms with Gasteiger partial charge in [0.2, 0.25) is 5.65 Å². The quantitative estimate of drug-likeness (QED) is 0.204. The van der Waals surface area contributed by atoms with E-state index in [2.05, 4.69) is 20.4 Å². The average Bonchev–Trinajstić information content (AvgIpc) is 3.33. The molecule has 38 heavy (non-hydrogen) atoms. The molecular weight excluding hydrogens is 504 g/mol. The Bertz CT molecular complexity index is 1400. The molecule has 1 fully saturated rings. The molecule has 0 aliphatic carbocycles. The largest absolute Gasteiger partial charge is 0.492 e. The van der Waals surface area contributed by atoms with Crippen molar-refractivity contribution in [2.45, 2.75) is 32.6 Å². The summed E-state index contributed by atoms with van der Waals surface area (Å²) in [5, 5.41) is 12.6. The van der Waals surface area contributed by atoms with Crippen LogP contribution in [0.1, 0.15) is 41.9 Å². The predicted molar refractivity (Wildman–Crippen MR) is 149 cm³/mol. The zero-order valence-electron chi connectivity index (χ0n) is 21.7. The first-order valence-corrected chi connectivity index (χ1v) is 13.6. The first-order chi connectivity index (χ1) is 18.6. The van der Waals surface area contributed by atoms with Crippen LogP contribution in [0, 0.1) is 6.92 Å². The van der Waals surface area contributed by atoms with Gasteiger partial charge >= 0.3 is 0 Å². The number of morpholine rings is 1. The van der Waals surface area contributed by atoms with Gasteiger partial charge in [0, 0.05) is 44.2 Å². The number of nitrogens with zero attached hydrogens (tertiary/aromatic N) is 5. The molecule has 0 atom stereocenters. The number of carbonyl (C=O) groups is 1. The number of benzene rings is 2. The Hall–Kier alpha value is -3.27. The number of fused-ring (bicyclic) bond motifs is 3. The van der Waals surface area contributed by atoms with Crippen molar-refractivity contribution in [3.05, 3.63) is 58.9 Å². The zero-order valence-corrected chi connectivity index (χ0v) is 22.4. The number of rotatable bonds is 12. The van der Waals surface area contributed by atoms with E-state index < -0.39 is 0 Å². The molecule has 1 aliphatic rings. The zero-order chi connectivity index (χ0) is 26.3. The van der Waals surface area contributed by atoms with Crippen molar-refractivity contribution in [1.29, 1.82) is 0 Å². The number of anilines is 1. The Morgan fingerprint density at radius 3 is 2.79 bits per heavy atom. The first kappa shape index (κ1) is 26.3. The lowest BCUT2D eigenvalue weighted by Crippen LogP contribution is -2.38. The number of hydrogen-bond donors (Lipinski definition) is 1. The van der Waals surface area contributed by atoms with Gasteiger partial charge in [0.15, 0.2) is 11.6 Å². The van der Waals surface area contributed by atoms with Crippen molar-refractivity contribution in [3.63, 3.8) is 0 Å². The number of aromatic nitrogens is 4. The van der Waals surface area contributed by atoms with Gasteiger partial charge in [0.05, 0.1) is 29.3 Å². The minimum Gasteiger partial charge on any atom is -0.492 e. The summed E-state index contributed by atoms with van der Waals surface area (Å²) in [7, 11) is 0. The van der Waals surface area contributed by atoms with Gasteiger partial charge in [-0.3, -0.25) is 14.1 Å². The molecule has 0 spiro atoms. The molecule has 0 bridgehead atoms. The number of carbonyl (C=O) groups excluding carboxylic acids is 1. The van der Waals surface area contributed by atoms with Gasteiger partial charge in [-0.25, -0.2) is 4.98 Å². The Balaban J connectivity index is 1.18. The fourth-order valence-corrected chi connectivity index (χ4v) is 4.94. The lowest BCUT2D eigenvalue weighted by molar-refractivity contribution is 0.0322. The van der Waals surface area contributed by atoms with Crippen LogP contribution in [0.4, 0.5) is 5.82 Å². The average molecular weight is 537 g/mol. The second kappa shape index (κ2) is 12.5. The minimum absolute atomic E-state index is 0.0865. The van der Waals surface area contributed by atoms with Gasteiger partial charge < -0.3 is 14.8 Å². The maximum absolute atomic E-state index is 12.4. The molecule has 0 amide bonds. The number of ether oxygens (including phenoxy) is 2. The fraction of sp³-hybridized carbons (Fsp3) is 0.429. The first-order valence-electron chi connectivity index (χ1n) is 13.2. The minimum atomic E-state index is 0.0865. The molecule has 10 heteroatoms. The van der Waals surface area contributed by atoms with Crippen molar-refractivity contribution in [2.75, 3.05) is 51.3 Å². The third kappa shape index (κ3) is 6.23. The Morgan fingerprint density at radius 2 is 1.95 bits per heavy atom. The number of aryl methyl sites for hydroxylation is 1. The summed E-state index contributed by atoms with van der Waals surface area (Å²) in [5.74, 6) is 2.37. The number of ketones is 1. The molecule has 0 saturated carbocycles. The normalized spacial score (nSPS) is 14.3. The lowest BCUT2D eigenvalue weighted by Gasteiger charge is -2.26. The van der Waals surface area contributed by atoms with Gasteiger partial charge in [0.25, 0.3) is 0 Å². The number of Topliss-reactive ketones (excluding diaryl/α,β-unsaturated/α-hetero) is 1. The molecule has 1 saturated heterocycles. The smallest absolute Gasteiger partial charge is 0.204 e. The van der Waals surface area contributed by atoms with E-state index in [9.17, 15) is 4.79 Å². The lowest BCUT2D eigenvalue weighted by atomic mass is 10.0. The summed E-state index contributed by atoms with van der Waals surface area (Å²) in [4.78, 5) is 19.6. The summed E-state index contributed by atoms with van der Waals surface area (Å²) in [6.45, 7) is 7.59. The molecule has 9 nitrogen and oxygen atoms in total. The topological polar surface area (TPSA) is 93.9 Å². The van der Waals surface area contributed by atoms with E-state index >= 15 is 0 Å². The SMILES string of the molecule is Cc1nnc2c(NCCCCCC(=O)c3ccccc3Cl)nc3cc(OCCN4CCOCC4)ccc3n12. The van der Waals surface area contributed by atoms with E-state index in [1.165, 1.54) is 0 Å². The Morgan fingerprint density at radius 1 is 1.11 bits per heavy atom. The molecule has 0 unspecified atom stereocenters. The standard InChI is InChI=1S/C28H33ClN6O3/c1-20-32-33-28-27(30-12-6-2-3-9-26(36)22-7-4-5-8-23(22)29)31-24-19-21(10-11-25(24)35(20)28)38-18-15-34-13-16-37-17-14-34/h4-5,7-8,10-11,19H,2-3,6,9,12-18H2,1H3,(H,30,31). The van der Waals surface area contributed by atoms with Crippen LogP contribution in [0.5, 0.6) is 5.75 Å². The summed E-state index contributed by atoms with van der Waals surface area (Å²) in [6, 6.07) is 13.2. The van der Waals surface area contributed by atoms with E-state index in [1.807, 2.05) is 41.7 Å². The molecule has 0 radical (unpaired) electrons. The van der Waals surface area contributed by atoms with Gasteiger partial charge in [0.1, 0.15) is 18.2 Å². The second-order valence-corrected chi connectivity index (χ2v) is 9.87. The van der Waals surface area contributed by atoms with E-state index in [0.717, 1.165) is 81.3 Å². The third-order valence-corrected chi connectivity index (χ3v) is 7.11. The predicted octanol–water partition coefficient (Wildman–Crippen LogP) is 4.81. The van der Waals surface area contributed by atoms with Crippen molar-refractivity contribution in [2.24, 2.45) is 0 Å². The van der Waals surface area contributed by atoms with E-state index in [4.69, 9.17) is 26.1 Å². The molecule has 200 valence electrons. The highest BCUT2D eigenvalue weighted by Crippen LogP contribution is 2.25. The summed E-state index contributed by atoms with van der Waals surface area (Å²) in [5.41, 5.74) is 3.05. The summed E-state index contributed by atoms with van der Waals surface area (Å²) < 4.78 is 13.5. The number of halogens is 1. The highest BCUT2D eigenvalue weighted by molar-refractivity contribution is 6.33. The summed E-state index contributed by atoms with van der Waals surface area (Å²) in [6.07, 6.45) is 3.11. The number of unbranched alkanes of at least 4 members (excludes halogenated alkanes) is 2. The van der Waals surface area contributed by atoms with Gasteiger partial charge in [-0.15, -0.1) is 10.2 Å². The van der Waals surface area contributed by atoms with Gasteiger partial charge in [-0.2, -0.15) is 0 Å². The van der Waals surface area contributed by atoms with E-state index in [1.54, 1.807) is 12.1 Å². The molecule has 5 rings (SSSR count). The maximum atomic E-state index is 12.4. The third-order valence-electron chi connectivity index (χ3n) is 6.78. The van der Waals surface area contributed by atoms with Crippen molar-refractivity contribution < 1.29 is 14.3 Å². The molecule has 1 aliphatic heterocycles. The molecular formula is C28H33ClN6O3. The van der Waals surface area contributed by atoms with Crippen LogP contribution in [-0.2, 0) is 4.74 Å². The highest BCUT2D eigenvalue weighted by Gasteiger charge is 2.15. The highest BCUT2D eigenvalue weighted by atomic mass is 35.5. The fourth-order valence-electron chi connectivity index (χ4n) is 4.70. The van der Waals surface area contributed by atoms with E-state index in [0.29, 0.717) is 35.1 Å². The molecule has 4 aromatic rings.